The van der Waals surface area contributed by atoms with Gasteiger partial charge in [0.05, 0.1) is 0 Å². The summed E-state index contributed by atoms with van der Waals surface area (Å²) in [7, 11) is 4.30. The Morgan fingerprint density at radius 3 is 2.60 bits per heavy atom. The largest absolute Gasteiger partial charge is 0.326 e. The summed E-state index contributed by atoms with van der Waals surface area (Å²) < 4.78 is 0. The Hall–Kier alpha value is -0.120. The summed E-state index contributed by atoms with van der Waals surface area (Å²) in [6.45, 7) is 7.89. The zero-order chi connectivity index (χ0) is 11.4. The molecule has 0 aromatic rings. The van der Waals surface area contributed by atoms with Crippen LogP contribution in [0.3, 0.4) is 0 Å². The molecule has 3 nitrogen and oxygen atoms in total. The van der Waals surface area contributed by atoms with Crippen molar-refractivity contribution in [1.82, 2.24) is 9.80 Å². The molecule has 3 heteroatoms. The summed E-state index contributed by atoms with van der Waals surface area (Å²) in [4.78, 5) is 4.86. The van der Waals surface area contributed by atoms with Crippen molar-refractivity contribution >= 4 is 0 Å². The molecule has 0 aromatic heterocycles. The zero-order valence-electron chi connectivity index (χ0n) is 10.7. The molecule has 1 saturated heterocycles. The summed E-state index contributed by atoms with van der Waals surface area (Å²) >= 11 is 0. The van der Waals surface area contributed by atoms with Crippen LogP contribution < -0.4 is 5.73 Å². The molecule has 1 aliphatic heterocycles. The van der Waals surface area contributed by atoms with Gasteiger partial charge in [0.2, 0.25) is 0 Å². The van der Waals surface area contributed by atoms with Gasteiger partial charge in [0.1, 0.15) is 0 Å². The van der Waals surface area contributed by atoms with Crippen molar-refractivity contribution in [2.24, 2.45) is 11.7 Å². The molecule has 15 heavy (non-hydrogen) atoms. The van der Waals surface area contributed by atoms with Gasteiger partial charge in [-0.1, -0.05) is 13.8 Å². The zero-order valence-corrected chi connectivity index (χ0v) is 10.7. The monoisotopic (exact) mass is 213 g/mol. The van der Waals surface area contributed by atoms with E-state index in [1.807, 2.05) is 0 Å². The SMILES string of the molecule is CC(C)C(N)CN1CCCC1CN(C)C. The lowest BCUT2D eigenvalue weighted by molar-refractivity contribution is 0.187. The number of nitrogens with two attached hydrogens (primary N) is 1. The van der Waals surface area contributed by atoms with Crippen LogP contribution in [-0.2, 0) is 0 Å². The van der Waals surface area contributed by atoms with E-state index in [0.29, 0.717) is 12.0 Å². The molecule has 0 bridgehead atoms. The van der Waals surface area contributed by atoms with Gasteiger partial charge in [-0.3, -0.25) is 4.90 Å². The van der Waals surface area contributed by atoms with Gasteiger partial charge in [0.15, 0.2) is 0 Å². The average Bonchev–Trinajstić information content (AvgIpc) is 2.51. The van der Waals surface area contributed by atoms with E-state index in [-0.39, 0.29) is 0 Å². The van der Waals surface area contributed by atoms with Gasteiger partial charge in [0.25, 0.3) is 0 Å². The second kappa shape index (κ2) is 5.83. The van der Waals surface area contributed by atoms with Crippen molar-refractivity contribution in [3.63, 3.8) is 0 Å². The van der Waals surface area contributed by atoms with Crippen molar-refractivity contribution in [2.75, 3.05) is 33.7 Å². The molecule has 0 amide bonds. The minimum atomic E-state index is 0.327. The Morgan fingerprint density at radius 2 is 2.07 bits per heavy atom. The fourth-order valence-corrected chi connectivity index (χ4v) is 2.25. The Bertz CT molecular complexity index is 180. The minimum absolute atomic E-state index is 0.327. The van der Waals surface area contributed by atoms with E-state index in [1.165, 1.54) is 25.9 Å². The topological polar surface area (TPSA) is 32.5 Å². The van der Waals surface area contributed by atoms with Crippen LogP contribution in [0.25, 0.3) is 0 Å². The normalized spacial score (nSPS) is 25.4. The first-order chi connectivity index (χ1) is 7.00. The molecule has 0 saturated carbocycles. The number of nitrogens with zero attached hydrogens (tertiary/aromatic N) is 2. The molecule has 1 rings (SSSR count). The highest BCUT2D eigenvalue weighted by atomic mass is 15.2. The molecular formula is C12H27N3. The van der Waals surface area contributed by atoms with Crippen molar-refractivity contribution in [3.8, 4) is 0 Å². The quantitative estimate of drug-likeness (QED) is 0.739. The van der Waals surface area contributed by atoms with E-state index >= 15 is 0 Å². The lowest BCUT2D eigenvalue weighted by Crippen LogP contribution is -2.45. The first-order valence-corrected chi connectivity index (χ1v) is 6.15. The number of hydrogen-bond acceptors (Lipinski definition) is 3. The predicted molar refractivity (Wildman–Crippen MR) is 66.0 cm³/mol. The number of rotatable bonds is 5. The van der Waals surface area contributed by atoms with Gasteiger partial charge in [-0.15, -0.1) is 0 Å². The van der Waals surface area contributed by atoms with Crippen LogP contribution in [0.4, 0.5) is 0 Å². The summed E-state index contributed by atoms with van der Waals surface area (Å²) in [6.07, 6.45) is 2.67. The van der Waals surface area contributed by atoms with E-state index in [4.69, 9.17) is 5.73 Å². The van der Waals surface area contributed by atoms with Gasteiger partial charge in [0, 0.05) is 25.2 Å². The van der Waals surface area contributed by atoms with Crippen molar-refractivity contribution in [3.05, 3.63) is 0 Å². The molecular weight excluding hydrogens is 186 g/mol. The Kier molecular flexibility index (Phi) is 5.03. The van der Waals surface area contributed by atoms with E-state index in [2.05, 4.69) is 37.7 Å². The third-order valence-corrected chi connectivity index (χ3v) is 3.38. The molecule has 0 spiro atoms. The third kappa shape index (κ3) is 4.09. The molecule has 0 aromatic carbocycles. The lowest BCUT2D eigenvalue weighted by Gasteiger charge is -2.30. The highest BCUT2D eigenvalue weighted by Crippen LogP contribution is 2.18. The van der Waals surface area contributed by atoms with Gasteiger partial charge in [-0.25, -0.2) is 0 Å². The van der Waals surface area contributed by atoms with Crippen LogP contribution in [-0.4, -0.2) is 55.6 Å². The summed E-state index contributed by atoms with van der Waals surface area (Å²) in [5.41, 5.74) is 6.13. The summed E-state index contributed by atoms with van der Waals surface area (Å²) in [5.74, 6) is 0.589. The standard InChI is InChI=1S/C12H27N3/c1-10(2)12(13)9-15-7-5-6-11(15)8-14(3)4/h10-12H,5-9,13H2,1-4H3. The molecule has 1 aliphatic rings. The van der Waals surface area contributed by atoms with Crippen LogP contribution in [0.5, 0.6) is 0 Å². The van der Waals surface area contributed by atoms with Crippen LogP contribution in [0.2, 0.25) is 0 Å². The second-order valence-electron chi connectivity index (χ2n) is 5.46. The highest BCUT2D eigenvalue weighted by Gasteiger charge is 2.26. The lowest BCUT2D eigenvalue weighted by atomic mass is 10.0. The van der Waals surface area contributed by atoms with E-state index < -0.39 is 0 Å². The molecule has 1 fully saturated rings. The highest BCUT2D eigenvalue weighted by molar-refractivity contribution is 4.84. The van der Waals surface area contributed by atoms with E-state index in [0.717, 1.165) is 12.6 Å². The predicted octanol–water partition coefficient (Wildman–Crippen LogP) is 0.996. The second-order valence-corrected chi connectivity index (χ2v) is 5.46. The molecule has 1 heterocycles. The van der Waals surface area contributed by atoms with E-state index in [1.54, 1.807) is 0 Å². The van der Waals surface area contributed by atoms with Gasteiger partial charge in [-0.2, -0.15) is 0 Å². The Labute approximate surface area is 94.6 Å². The van der Waals surface area contributed by atoms with Crippen molar-refractivity contribution in [2.45, 2.75) is 38.8 Å². The maximum atomic E-state index is 6.13. The Morgan fingerprint density at radius 1 is 1.40 bits per heavy atom. The van der Waals surface area contributed by atoms with Crippen molar-refractivity contribution in [1.29, 1.82) is 0 Å². The first-order valence-electron chi connectivity index (χ1n) is 6.15. The number of likely N-dealkylation sites (tertiary alicyclic amines) is 1. The van der Waals surface area contributed by atoms with Crippen LogP contribution in [0.15, 0.2) is 0 Å². The molecule has 0 aliphatic carbocycles. The van der Waals surface area contributed by atoms with Crippen LogP contribution in [0, 0.1) is 5.92 Å². The average molecular weight is 213 g/mol. The maximum absolute atomic E-state index is 6.13. The smallest absolute Gasteiger partial charge is 0.0224 e. The molecule has 2 N–H and O–H groups in total. The maximum Gasteiger partial charge on any atom is 0.0224 e. The minimum Gasteiger partial charge on any atom is -0.326 e. The summed E-state index contributed by atoms with van der Waals surface area (Å²) in [6, 6.07) is 1.05. The fraction of sp³-hybridized carbons (Fsp3) is 1.00. The first kappa shape index (κ1) is 12.9. The van der Waals surface area contributed by atoms with Gasteiger partial charge < -0.3 is 10.6 Å². The molecule has 2 atom stereocenters. The van der Waals surface area contributed by atoms with Gasteiger partial charge >= 0.3 is 0 Å². The molecule has 0 radical (unpaired) electrons. The van der Waals surface area contributed by atoms with Crippen molar-refractivity contribution < 1.29 is 0 Å². The van der Waals surface area contributed by atoms with E-state index in [9.17, 15) is 0 Å². The molecule has 2 unspecified atom stereocenters. The van der Waals surface area contributed by atoms with Crippen LogP contribution in [0.1, 0.15) is 26.7 Å². The molecule has 90 valence electrons. The third-order valence-electron chi connectivity index (χ3n) is 3.38. The van der Waals surface area contributed by atoms with Crippen LogP contribution >= 0.6 is 0 Å². The van der Waals surface area contributed by atoms with Gasteiger partial charge in [-0.05, 0) is 39.4 Å². The Balaban J connectivity index is 2.39. The summed E-state index contributed by atoms with van der Waals surface area (Å²) in [5, 5.41) is 0. The number of hydrogen-bond donors (Lipinski definition) is 1. The fourth-order valence-electron chi connectivity index (χ4n) is 2.25. The number of likely N-dealkylation sites (N-methyl/N-ethyl adjacent to an activating group) is 1.